The van der Waals surface area contributed by atoms with Gasteiger partial charge in [-0.05, 0) is 17.7 Å². The van der Waals surface area contributed by atoms with Crippen molar-refractivity contribution in [2.24, 2.45) is 0 Å². The molecule has 1 fully saturated rings. The van der Waals surface area contributed by atoms with Crippen LogP contribution in [0.5, 0.6) is 5.75 Å². The topological polar surface area (TPSA) is 70.0 Å². The number of phenols is 1. The molecule has 1 saturated heterocycles. The minimum absolute atomic E-state index is 0.189. The highest BCUT2D eigenvalue weighted by molar-refractivity contribution is 5.65. The lowest BCUT2D eigenvalue weighted by atomic mass is 10.1. The molecule has 5 heteroatoms. The van der Waals surface area contributed by atoms with Crippen LogP contribution in [0, 0.1) is 0 Å². The molecule has 1 aliphatic heterocycles. The van der Waals surface area contributed by atoms with Gasteiger partial charge in [0.15, 0.2) is 0 Å². The van der Waals surface area contributed by atoms with E-state index < -0.39 is 6.09 Å². The van der Waals surface area contributed by atoms with E-state index in [1.54, 1.807) is 24.3 Å². The monoisotopic (exact) mass is 223 g/mol. The summed E-state index contributed by atoms with van der Waals surface area (Å²) in [4.78, 5) is 12.2. The van der Waals surface area contributed by atoms with Crippen molar-refractivity contribution >= 4 is 6.09 Å². The molecule has 2 N–H and O–H groups in total. The van der Waals surface area contributed by atoms with Gasteiger partial charge in [0.25, 0.3) is 0 Å². The number of amides is 1. The Hall–Kier alpha value is -1.75. The third kappa shape index (κ3) is 2.25. The maximum atomic E-state index is 10.8. The minimum atomic E-state index is -0.924. The number of benzene rings is 1. The van der Waals surface area contributed by atoms with Crippen LogP contribution in [0.15, 0.2) is 24.3 Å². The fourth-order valence-corrected chi connectivity index (χ4v) is 1.71. The van der Waals surface area contributed by atoms with Crippen molar-refractivity contribution < 1.29 is 19.7 Å². The third-order valence-electron chi connectivity index (χ3n) is 2.60. The van der Waals surface area contributed by atoms with Gasteiger partial charge < -0.3 is 19.8 Å². The zero-order valence-electron chi connectivity index (χ0n) is 8.67. The molecule has 2 rings (SSSR count). The lowest BCUT2D eigenvalue weighted by molar-refractivity contribution is -0.0232. The van der Waals surface area contributed by atoms with Gasteiger partial charge in [0.05, 0.1) is 13.2 Å². The van der Waals surface area contributed by atoms with Crippen LogP contribution in [0.4, 0.5) is 4.79 Å². The van der Waals surface area contributed by atoms with Crippen molar-refractivity contribution in [2.75, 3.05) is 19.7 Å². The summed E-state index contributed by atoms with van der Waals surface area (Å²) in [6, 6.07) is 6.62. The lowest BCUT2D eigenvalue weighted by Gasteiger charge is -2.31. The summed E-state index contributed by atoms with van der Waals surface area (Å²) in [5, 5.41) is 18.0. The minimum Gasteiger partial charge on any atom is -0.508 e. The first-order chi connectivity index (χ1) is 7.66. The van der Waals surface area contributed by atoms with Crippen LogP contribution < -0.4 is 0 Å². The van der Waals surface area contributed by atoms with Crippen LogP contribution >= 0.6 is 0 Å². The molecule has 0 radical (unpaired) electrons. The maximum absolute atomic E-state index is 10.8. The van der Waals surface area contributed by atoms with Gasteiger partial charge >= 0.3 is 6.09 Å². The van der Waals surface area contributed by atoms with Gasteiger partial charge in [-0.1, -0.05) is 12.1 Å². The fourth-order valence-electron chi connectivity index (χ4n) is 1.71. The van der Waals surface area contributed by atoms with E-state index in [0.717, 1.165) is 5.56 Å². The SMILES string of the molecule is O=C(O)N1CCO[C@@H](c2ccc(O)cc2)C1. The standard InChI is InChI=1S/C11H13NO4/c13-9-3-1-8(2-4-9)10-7-12(11(14)15)5-6-16-10/h1-4,10,13H,5-7H2,(H,14,15)/t10-/m1/s1. The molecule has 1 aromatic rings. The molecule has 0 aromatic heterocycles. The van der Waals surface area contributed by atoms with E-state index in [4.69, 9.17) is 14.9 Å². The number of ether oxygens (including phenoxy) is 1. The van der Waals surface area contributed by atoms with Crippen molar-refractivity contribution in [1.29, 1.82) is 0 Å². The second kappa shape index (κ2) is 4.40. The molecule has 1 heterocycles. The summed E-state index contributed by atoms with van der Waals surface area (Å²) in [5.41, 5.74) is 0.878. The Bertz CT molecular complexity index is 376. The van der Waals surface area contributed by atoms with E-state index in [1.807, 2.05) is 0 Å². The van der Waals surface area contributed by atoms with E-state index >= 15 is 0 Å². The molecular formula is C11H13NO4. The first kappa shape index (κ1) is 10.8. The number of rotatable bonds is 1. The van der Waals surface area contributed by atoms with Crippen molar-refractivity contribution in [1.82, 2.24) is 4.90 Å². The highest BCUT2D eigenvalue weighted by Gasteiger charge is 2.24. The lowest BCUT2D eigenvalue weighted by Crippen LogP contribution is -2.41. The number of hydrogen-bond acceptors (Lipinski definition) is 3. The molecule has 1 aromatic carbocycles. The molecule has 0 saturated carbocycles. The molecule has 86 valence electrons. The summed E-state index contributed by atoms with van der Waals surface area (Å²) in [6.45, 7) is 1.14. The van der Waals surface area contributed by atoms with E-state index in [1.165, 1.54) is 4.90 Å². The van der Waals surface area contributed by atoms with E-state index in [0.29, 0.717) is 19.7 Å². The van der Waals surface area contributed by atoms with Crippen molar-refractivity contribution in [3.8, 4) is 5.75 Å². The molecule has 16 heavy (non-hydrogen) atoms. The number of carbonyl (C=O) groups is 1. The second-order valence-corrected chi connectivity index (χ2v) is 3.68. The molecular weight excluding hydrogens is 210 g/mol. The summed E-state index contributed by atoms with van der Waals surface area (Å²) < 4.78 is 5.50. The number of carboxylic acid groups (broad SMARTS) is 1. The second-order valence-electron chi connectivity index (χ2n) is 3.68. The van der Waals surface area contributed by atoms with Crippen LogP contribution in [-0.2, 0) is 4.74 Å². The van der Waals surface area contributed by atoms with Crippen LogP contribution in [0.1, 0.15) is 11.7 Å². The third-order valence-corrected chi connectivity index (χ3v) is 2.60. The highest BCUT2D eigenvalue weighted by atomic mass is 16.5. The smallest absolute Gasteiger partial charge is 0.407 e. The molecule has 1 aliphatic rings. The van der Waals surface area contributed by atoms with Gasteiger partial charge in [-0.15, -0.1) is 0 Å². The van der Waals surface area contributed by atoms with E-state index in [9.17, 15) is 4.79 Å². The molecule has 1 amide bonds. The summed E-state index contributed by atoms with van der Waals surface area (Å²) >= 11 is 0. The Morgan fingerprint density at radius 2 is 2.06 bits per heavy atom. The Morgan fingerprint density at radius 1 is 1.38 bits per heavy atom. The molecule has 5 nitrogen and oxygen atoms in total. The number of hydrogen-bond donors (Lipinski definition) is 2. The Balaban J connectivity index is 2.09. The van der Waals surface area contributed by atoms with Crippen molar-refractivity contribution in [2.45, 2.75) is 6.10 Å². The van der Waals surface area contributed by atoms with Crippen molar-refractivity contribution in [3.63, 3.8) is 0 Å². The Morgan fingerprint density at radius 3 is 2.69 bits per heavy atom. The fraction of sp³-hybridized carbons (Fsp3) is 0.364. The molecule has 0 bridgehead atoms. The van der Waals surface area contributed by atoms with Gasteiger partial charge in [-0.25, -0.2) is 4.79 Å². The molecule has 0 aliphatic carbocycles. The maximum Gasteiger partial charge on any atom is 0.407 e. The van der Waals surface area contributed by atoms with Gasteiger partial charge in [-0.3, -0.25) is 0 Å². The number of phenolic OH excluding ortho intramolecular Hbond substituents is 1. The molecule has 0 spiro atoms. The predicted octanol–water partition coefficient (Wildman–Crippen LogP) is 1.44. The zero-order valence-corrected chi connectivity index (χ0v) is 8.67. The van der Waals surface area contributed by atoms with Gasteiger partial charge in [-0.2, -0.15) is 0 Å². The molecule has 1 atom stereocenters. The van der Waals surface area contributed by atoms with E-state index in [2.05, 4.69) is 0 Å². The van der Waals surface area contributed by atoms with Crippen molar-refractivity contribution in [3.05, 3.63) is 29.8 Å². The first-order valence-electron chi connectivity index (χ1n) is 5.05. The Labute approximate surface area is 92.9 Å². The number of morpholine rings is 1. The average Bonchev–Trinajstić information content (AvgIpc) is 2.30. The van der Waals surface area contributed by atoms with Gasteiger partial charge in [0, 0.05) is 6.54 Å². The summed E-state index contributed by atoms with van der Waals surface area (Å²) in [5.74, 6) is 0.189. The van der Waals surface area contributed by atoms with Crippen LogP contribution in [-0.4, -0.2) is 40.9 Å². The zero-order chi connectivity index (χ0) is 11.5. The Kier molecular flexibility index (Phi) is 2.96. The average molecular weight is 223 g/mol. The largest absolute Gasteiger partial charge is 0.508 e. The number of nitrogens with zero attached hydrogens (tertiary/aromatic N) is 1. The van der Waals surface area contributed by atoms with Gasteiger partial charge in [0.2, 0.25) is 0 Å². The first-order valence-corrected chi connectivity index (χ1v) is 5.05. The quantitative estimate of drug-likeness (QED) is 0.755. The normalized spacial score (nSPS) is 20.8. The van der Waals surface area contributed by atoms with Crippen LogP contribution in [0.25, 0.3) is 0 Å². The van der Waals surface area contributed by atoms with Gasteiger partial charge in [0.1, 0.15) is 11.9 Å². The number of aromatic hydroxyl groups is 1. The summed E-state index contributed by atoms with van der Waals surface area (Å²) in [6.07, 6.45) is -1.17. The van der Waals surface area contributed by atoms with E-state index in [-0.39, 0.29) is 11.9 Å². The van der Waals surface area contributed by atoms with Crippen LogP contribution in [0.2, 0.25) is 0 Å². The highest BCUT2D eigenvalue weighted by Crippen LogP contribution is 2.23. The predicted molar refractivity (Wildman–Crippen MR) is 56.4 cm³/mol. The molecule has 0 unspecified atom stereocenters. The summed E-state index contributed by atoms with van der Waals surface area (Å²) in [7, 11) is 0. The van der Waals surface area contributed by atoms with Crippen LogP contribution in [0.3, 0.4) is 0 Å².